The molecular formula is C30H28Cl2N4O5S. The van der Waals surface area contributed by atoms with E-state index in [4.69, 9.17) is 27.6 Å². The lowest BCUT2D eigenvalue weighted by molar-refractivity contribution is -0.136. The van der Waals surface area contributed by atoms with Crippen LogP contribution in [0.2, 0.25) is 10.0 Å². The van der Waals surface area contributed by atoms with Gasteiger partial charge in [0.25, 0.3) is 0 Å². The van der Waals surface area contributed by atoms with E-state index in [-0.39, 0.29) is 23.7 Å². The van der Waals surface area contributed by atoms with Crippen molar-refractivity contribution in [1.82, 2.24) is 9.73 Å². The molecule has 4 aromatic rings. The summed E-state index contributed by atoms with van der Waals surface area (Å²) in [5, 5.41) is 7.06. The van der Waals surface area contributed by atoms with Crippen LogP contribution in [0, 0.1) is 20.8 Å². The van der Waals surface area contributed by atoms with Crippen LogP contribution in [-0.4, -0.2) is 30.8 Å². The Labute approximate surface area is 254 Å². The molecule has 12 heteroatoms. The first-order valence-electron chi connectivity index (χ1n) is 12.7. The number of nitrogens with one attached hydrogen (secondary N) is 2. The predicted molar refractivity (Wildman–Crippen MR) is 163 cm³/mol. The molecule has 0 spiro atoms. The standard InChI is InChI=1S/C30H28Cl2N4O5S/c1-19-4-12-27(13-5-19)42(39,40)36(17-22-7-8-23(31)15-28(22)32)18-26-11-10-25(41-26)16-33-35-30(38)29(37)34-24-9-6-20(2)21(3)14-24/h4-16H,17-18H2,1-3H3,(H,34,37)(H,35,38)/b33-16+. The van der Waals surface area contributed by atoms with Crippen molar-refractivity contribution in [3.8, 4) is 0 Å². The van der Waals surface area contributed by atoms with E-state index in [1.54, 1.807) is 66.7 Å². The Balaban J connectivity index is 1.46. The smallest absolute Gasteiger partial charge is 0.329 e. The van der Waals surface area contributed by atoms with Gasteiger partial charge in [0.1, 0.15) is 11.5 Å². The molecule has 2 amide bonds. The molecule has 0 bridgehead atoms. The molecular weight excluding hydrogens is 599 g/mol. The summed E-state index contributed by atoms with van der Waals surface area (Å²) in [6, 6.07) is 19.8. The van der Waals surface area contributed by atoms with E-state index >= 15 is 0 Å². The van der Waals surface area contributed by atoms with Crippen LogP contribution in [0.5, 0.6) is 0 Å². The molecule has 1 aromatic heterocycles. The topological polar surface area (TPSA) is 121 Å². The minimum Gasteiger partial charge on any atom is -0.459 e. The number of hydrazone groups is 1. The van der Waals surface area contributed by atoms with Gasteiger partial charge in [-0.15, -0.1) is 0 Å². The molecule has 0 aliphatic rings. The highest BCUT2D eigenvalue weighted by atomic mass is 35.5. The van der Waals surface area contributed by atoms with E-state index in [2.05, 4.69) is 15.8 Å². The molecule has 0 atom stereocenters. The molecule has 0 saturated heterocycles. The van der Waals surface area contributed by atoms with Crippen LogP contribution in [0.4, 0.5) is 5.69 Å². The average molecular weight is 628 g/mol. The minimum atomic E-state index is -3.95. The van der Waals surface area contributed by atoms with Gasteiger partial charge in [-0.2, -0.15) is 9.41 Å². The first kappa shape index (κ1) is 31.0. The minimum absolute atomic E-state index is 0.0397. The number of hydrogen-bond donors (Lipinski definition) is 2. The molecule has 0 saturated carbocycles. The predicted octanol–water partition coefficient (Wildman–Crippen LogP) is 5.99. The summed E-state index contributed by atoms with van der Waals surface area (Å²) in [5.74, 6) is -1.30. The maximum absolute atomic E-state index is 13.6. The lowest BCUT2D eigenvalue weighted by Crippen LogP contribution is -2.32. The van der Waals surface area contributed by atoms with Gasteiger partial charge in [0.2, 0.25) is 10.0 Å². The van der Waals surface area contributed by atoms with Gasteiger partial charge in [-0.1, -0.05) is 53.0 Å². The molecule has 0 unspecified atom stereocenters. The van der Waals surface area contributed by atoms with Crippen molar-refractivity contribution in [1.29, 1.82) is 0 Å². The SMILES string of the molecule is Cc1ccc(S(=O)(=O)N(Cc2ccc(/C=N/NC(=O)C(=O)Nc3ccc(C)c(C)c3)o2)Cc2ccc(Cl)cc2Cl)cc1. The fourth-order valence-corrected chi connectivity index (χ4v) is 5.71. The third-order valence-corrected chi connectivity index (χ3v) is 8.76. The van der Waals surface area contributed by atoms with Crippen LogP contribution >= 0.6 is 23.2 Å². The fraction of sp³-hybridized carbons (Fsp3) is 0.167. The lowest BCUT2D eigenvalue weighted by atomic mass is 10.1. The van der Waals surface area contributed by atoms with Gasteiger partial charge < -0.3 is 9.73 Å². The van der Waals surface area contributed by atoms with Crippen molar-refractivity contribution in [3.63, 3.8) is 0 Å². The number of benzene rings is 3. The highest BCUT2D eigenvalue weighted by molar-refractivity contribution is 7.89. The van der Waals surface area contributed by atoms with Gasteiger partial charge in [0.05, 0.1) is 17.7 Å². The molecule has 2 N–H and O–H groups in total. The number of aryl methyl sites for hydroxylation is 3. The van der Waals surface area contributed by atoms with E-state index in [0.29, 0.717) is 27.1 Å². The highest BCUT2D eigenvalue weighted by Gasteiger charge is 2.27. The second-order valence-electron chi connectivity index (χ2n) is 9.58. The van der Waals surface area contributed by atoms with Gasteiger partial charge in [-0.3, -0.25) is 9.59 Å². The number of amides is 2. The zero-order valence-electron chi connectivity index (χ0n) is 23.0. The third-order valence-electron chi connectivity index (χ3n) is 6.36. The van der Waals surface area contributed by atoms with Crippen molar-refractivity contribution in [3.05, 3.63) is 117 Å². The van der Waals surface area contributed by atoms with E-state index in [0.717, 1.165) is 16.7 Å². The Kier molecular flexibility index (Phi) is 9.85. The van der Waals surface area contributed by atoms with Gasteiger partial charge in [-0.05, 0) is 86.0 Å². The fourth-order valence-electron chi connectivity index (χ4n) is 3.86. The van der Waals surface area contributed by atoms with E-state index in [9.17, 15) is 18.0 Å². The summed E-state index contributed by atoms with van der Waals surface area (Å²) in [7, 11) is -3.95. The van der Waals surface area contributed by atoms with Crippen molar-refractivity contribution in [2.24, 2.45) is 5.10 Å². The number of halogens is 2. The van der Waals surface area contributed by atoms with E-state index < -0.39 is 21.8 Å². The molecule has 3 aromatic carbocycles. The summed E-state index contributed by atoms with van der Waals surface area (Å²) in [6.45, 7) is 5.55. The second-order valence-corrected chi connectivity index (χ2v) is 12.4. The monoisotopic (exact) mass is 626 g/mol. The molecule has 0 aliphatic carbocycles. The highest BCUT2D eigenvalue weighted by Crippen LogP contribution is 2.27. The van der Waals surface area contributed by atoms with Gasteiger partial charge in [0.15, 0.2) is 0 Å². The van der Waals surface area contributed by atoms with Crippen LogP contribution in [0.15, 0.2) is 87.2 Å². The zero-order chi connectivity index (χ0) is 30.4. The van der Waals surface area contributed by atoms with Crippen molar-refractivity contribution < 1.29 is 22.4 Å². The number of furan rings is 1. The molecule has 1 heterocycles. The van der Waals surface area contributed by atoms with Crippen LogP contribution in [0.25, 0.3) is 0 Å². The van der Waals surface area contributed by atoms with Crippen molar-refractivity contribution in [2.45, 2.75) is 38.8 Å². The molecule has 0 fully saturated rings. The summed E-state index contributed by atoms with van der Waals surface area (Å²) in [5.41, 5.74) is 6.15. The number of carbonyl (C=O) groups excluding carboxylic acids is 2. The number of anilines is 1. The summed E-state index contributed by atoms with van der Waals surface area (Å²) in [6.07, 6.45) is 1.21. The summed E-state index contributed by atoms with van der Waals surface area (Å²) in [4.78, 5) is 24.5. The number of carbonyl (C=O) groups is 2. The molecule has 0 radical (unpaired) electrons. The molecule has 42 heavy (non-hydrogen) atoms. The average Bonchev–Trinajstić information content (AvgIpc) is 3.39. The molecule has 0 aliphatic heterocycles. The Morgan fingerprint density at radius 3 is 2.31 bits per heavy atom. The van der Waals surface area contributed by atoms with Gasteiger partial charge in [-0.25, -0.2) is 13.8 Å². The first-order chi connectivity index (χ1) is 19.9. The maximum Gasteiger partial charge on any atom is 0.329 e. The lowest BCUT2D eigenvalue weighted by Gasteiger charge is -2.22. The summed E-state index contributed by atoms with van der Waals surface area (Å²) >= 11 is 12.4. The number of nitrogens with zero attached hydrogens (tertiary/aromatic N) is 2. The molecule has 218 valence electrons. The third kappa shape index (κ3) is 7.86. The second kappa shape index (κ2) is 13.3. The van der Waals surface area contributed by atoms with Crippen LogP contribution in [0.1, 0.15) is 33.8 Å². The van der Waals surface area contributed by atoms with Crippen LogP contribution in [-0.2, 0) is 32.7 Å². The van der Waals surface area contributed by atoms with Crippen molar-refractivity contribution >= 4 is 56.9 Å². The van der Waals surface area contributed by atoms with E-state index in [1.165, 1.54) is 10.5 Å². The van der Waals surface area contributed by atoms with Crippen LogP contribution in [0.3, 0.4) is 0 Å². The van der Waals surface area contributed by atoms with Crippen LogP contribution < -0.4 is 10.7 Å². The maximum atomic E-state index is 13.6. The quantitative estimate of drug-likeness (QED) is 0.134. The Morgan fingerprint density at radius 1 is 0.881 bits per heavy atom. The van der Waals surface area contributed by atoms with Crippen molar-refractivity contribution in [2.75, 3.05) is 5.32 Å². The van der Waals surface area contributed by atoms with Gasteiger partial charge >= 0.3 is 11.8 Å². The number of hydrogen-bond acceptors (Lipinski definition) is 6. The first-order valence-corrected chi connectivity index (χ1v) is 14.9. The van der Waals surface area contributed by atoms with E-state index in [1.807, 2.05) is 26.8 Å². The van der Waals surface area contributed by atoms with Gasteiger partial charge in [0, 0.05) is 22.3 Å². The number of sulfonamides is 1. The molecule has 4 rings (SSSR count). The Hall–Kier alpha value is -3.96. The summed E-state index contributed by atoms with van der Waals surface area (Å²) < 4.78 is 34.2. The molecule has 9 nitrogen and oxygen atoms in total. The largest absolute Gasteiger partial charge is 0.459 e. The Morgan fingerprint density at radius 2 is 1.62 bits per heavy atom. The number of rotatable bonds is 9. The normalized spacial score (nSPS) is 11.7. The Bertz CT molecular complexity index is 1750. The zero-order valence-corrected chi connectivity index (χ0v) is 25.3.